The van der Waals surface area contributed by atoms with Crippen LogP contribution < -0.4 is 10.5 Å². The quantitative estimate of drug-likeness (QED) is 0.778. The standard InChI is InChI=1S/C20H26N2O3S/c1-14(2)16-7-9-17(10-8-16)20(23)22-12-11-15(3)18-5-4-6-19(13-18)26(21,24)25/h4-10,13-15H,11-12H2,1-3H3,(H,22,23)(H2,21,24,25). The summed E-state index contributed by atoms with van der Waals surface area (Å²) in [5.41, 5.74) is 2.72. The molecular weight excluding hydrogens is 348 g/mol. The van der Waals surface area contributed by atoms with E-state index in [0.29, 0.717) is 24.4 Å². The number of sulfonamides is 1. The molecule has 2 aromatic rings. The summed E-state index contributed by atoms with van der Waals surface area (Å²) in [6.45, 7) is 6.72. The normalized spacial score (nSPS) is 12.8. The van der Waals surface area contributed by atoms with E-state index in [2.05, 4.69) is 19.2 Å². The fourth-order valence-corrected chi connectivity index (χ4v) is 3.26. The van der Waals surface area contributed by atoms with Gasteiger partial charge in [0.15, 0.2) is 0 Å². The minimum Gasteiger partial charge on any atom is -0.352 e. The Morgan fingerprint density at radius 2 is 1.69 bits per heavy atom. The number of carbonyl (C=O) groups is 1. The molecule has 6 heteroatoms. The Morgan fingerprint density at radius 1 is 1.04 bits per heavy atom. The first-order valence-corrected chi connectivity index (χ1v) is 10.2. The van der Waals surface area contributed by atoms with Crippen LogP contribution in [-0.4, -0.2) is 20.9 Å². The van der Waals surface area contributed by atoms with Gasteiger partial charge >= 0.3 is 0 Å². The predicted molar refractivity (Wildman–Crippen MR) is 104 cm³/mol. The molecule has 0 aliphatic rings. The summed E-state index contributed by atoms with van der Waals surface area (Å²) in [5, 5.41) is 8.09. The van der Waals surface area contributed by atoms with E-state index >= 15 is 0 Å². The van der Waals surface area contributed by atoms with Gasteiger partial charge in [-0.25, -0.2) is 13.6 Å². The van der Waals surface area contributed by atoms with Crippen LogP contribution in [0.3, 0.4) is 0 Å². The number of nitrogens with two attached hydrogens (primary N) is 1. The van der Waals surface area contributed by atoms with Gasteiger partial charge < -0.3 is 5.32 Å². The second-order valence-corrected chi connectivity index (χ2v) is 8.40. The van der Waals surface area contributed by atoms with E-state index < -0.39 is 10.0 Å². The van der Waals surface area contributed by atoms with Gasteiger partial charge in [0.25, 0.3) is 5.91 Å². The van der Waals surface area contributed by atoms with Gasteiger partial charge in [-0.1, -0.05) is 45.0 Å². The van der Waals surface area contributed by atoms with Crippen LogP contribution in [0.25, 0.3) is 0 Å². The van der Waals surface area contributed by atoms with Crippen LogP contribution >= 0.6 is 0 Å². The van der Waals surface area contributed by atoms with Crippen molar-refractivity contribution in [2.24, 2.45) is 5.14 Å². The van der Waals surface area contributed by atoms with E-state index in [4.69, 9.17) is 5.14 Å². The van der Waals surface area contributed by atoms with Crippen LogP contribution in [0.4, 0.5) is 0 Å². The first-order chi connectivity index (χ1) is 12.2. The molecule has 0 aliphatic heterocycles. The van der Waals surface area contributed by atoms with Gasteiger partial charge in [-0.3, -0.25) is 4.79 Å². The Bertz CT molecular complexity index is 859. The highest BCUT2D eigenvalue weighted by Crippen LogP contribution is 2.21. The Kier molecular flexibility index (Phi) is 6.56. The predicted octanol–water partition coefficient (Wildman–Crippen LogP) is 3.38. The summed E-state index contributed by atoms with van der Waals surface area (Å²) in [5.74, 6) is 0.423. The zero-order valence-electron chi connectivity index (χ0n) is 15.4. The van der Waals surface area contributed by atoms with Crippen molar-refractivity contribution in [3.8, 4) is 0 Å². The number of rotatable bonds is 7. The molecule has 0 fully saturated rings. The Hall–Kier alpha value is -2.18. The summed E-state index contributed by atoms with van der Waals surface area (Å²) in [6, 6.07) is 14.2. The van der Waals surface area contributed by atoms with Crippen molar-refractivity contribution in [2.75, 3.05) is 6.54 Å². The molecule has 2 rings (SSSR count). The average Bonchev–Trinajstić information content (AvgIpc) is 2.61. The molecule has 1 atom stereocenters. The molecule has 140 valence electrons. The number of primary sulfonamides is 1. The lowest BCUT2D eigenvalue weighted by molar-refractivity contribution is 0.0952. The van der Waals surface area contributed by atoms with E-state index in [1.807, 2.05) is 37.3 Å². The number of hydrogen-bond acceptors (Lipinski definition) is 3. The summed E-state index contributed by atoms with van der Waals surface area (Å²) in [4.78, 5) is 12.3. The molecule has 0 radical (unpaired) electrons. The third kappa shape index (κ3) is 5.41. The molecule has 0 saturated carbocycles. The molecule has 0 heterocycles. The maximum absolute atomic E-state index is 12.2. The van der Waals surface area contributed by atoms with Gasteiger partial charge in [0.1, 0.15) is 0 Å². The first-order valence-electron chi connectivity index (χ1n) is 8.69. The summed E-state index contributed by atoms with van der Waals surface area (Å²) >= 11 is 0. The molecule has 0 bridgehead atoms. The van der Waals surface area contributed by atoms with Crippen molar-refractivity contribution in [2.45, 2.75) is 43.9 Å². The molecule has 26 heavy (non-hydrogen) atoms. The van der Waals surface area contributed by atoms with Crippen molar-refractivity contribution >= 4 is 15.9 Å². The second kappa shape index (κ2) is 8.47. The Labute approximate surface area is 155 Å². The van der Waals surface area contributed by atoms with Crippen molar-refractivity contribution in [1.29, 1.82) is 0 Å². The highest BCUT2D eigenvalue weighted by Gasteiger charge is 2.12. The Balaban J connectivity index is 1.91. The first kappa shape index (κ1) is 20.1. The number of carbonyl (C=O) groups excluding carboxylic acids is 1. The van der Waals surface area contributed by atoms with E-state index in [1.165, 1.54) is 11.6 Å². The van der Waals surface area contributed by atoms with Crippen molar-refractivity contribution in [3.05, 3.63) is 65.2 Å². The second-order valence-electron chi connectivity index (χ2n) is 6.84. The zero-order valence-corrected chi connectivity index (χ0v) is 16.2. The van der Waals surface area contributed by atoms with Crippen LogP contribution in [0.1, 0.15) is 60.5 Å². The monoisotopic (exact) mass is 374 g/mol. The highest BCUT2D eigenvalue weighted by molar-refractivity contribution is 7.89. The number of nitrogens with one attached hydrogen (secondary N) is 1. The molecular formula is C20H26N2O3S. The molecule has 1 amide bonds. The topological polar surface area (TPSA) is 89.3 Å². The van der Waals surface area contributed by atoms with Crippen molar-refractivity contribution in [1.82, 2.24) is 5.32 Å². The van der Waals surface area contributed by atoms with E-state index in [1.54, 1.807) is 12.1 Å². The van der Waals surface area contributed by atoms with Crippen LogP contribution in [0.2, 0.25) is 0 Å². The molecule has 0 saturated heterocycles. The van der Waals surface area contributed by atoms with Crippen LogP contribution in [0.15, 0.2) is 53.4 Å². The number of benzene rings is 2. The van der Waals surface area contributed by atoms with Gasteiger partial charge in [0.05, 0.1) is 4.90 Å². The van der Waals surface area contributed by atoms with Gasteiger partial charge in [-0.15, -0.1) is 0 Å². The fourth-order valence-electron chi connectivity index (χ4n) is 2.69. The van der Waals surface area contributed by atoms with Crippen molar-refractivity contribution < 1.29 is 13.2 Å². The van der Waals surface area contributed by atoms with Gasteiger partial charge in [0.2, 0.25) is 10.0 Å². The SMILES string of the molecule is CC(C)c1ccc(C(=O)NCCC(C)c2cccc(S(N)(=O)=O)c2)cc1. The van der Waals surface area contributed by atoms with Gasteiger partial charge in [-0.2, -0.15) is 0 Å². The molecule has 1 unspecified atom stereocenters. The largest absolute Gasteiger partial charge is 0.352 e. The Morgan fingerprint density at radius 3 is 2.27 bits per heavy atom. The fraction of sp³-hybridized carbons (Fsp3) is 0.350. The number of hydrogen-bond donors (Lipinski definition) is 2. The lowest BCUT2D eigenvalue weighted by Crippen LogP contribution is -2.25. The third-order valence-corrected chi connectivity index (χ3v) is 5.37. The third-order valence-electron chi connectivity index (χ3n) is 4.46. The minimum atomic E-state index is -3.71. The molecule has 5 nitrogen and oxygen atoms in total. The molecule has 0 aliphatic carbocycles. The zero-order chi connectivity index (χ0) is 19.3. The van der Waals surface area contributed by atoms with Gasteiger partial charge in [-0.05, 0) is 53.6 Å². The lowest BCUT2D eigenvalue weighted by atomic mass is 9.98. The van der Waals surface area contributed by atoms with Crippen molar-refractivity contribution in [3.63, 3.8) is 0 Å². The van der Waals surface area contributed by atoms with E-state index in [9.17, 15) is 13.2 Å². The summed E-state index contributed by atoms with van der Waals surface area (Å²) in [7, 11) is -3.71. The van der Waals surface area contributed by atoms with Crippen LogP contribution in [-0.2, 0) is 10.0 Å². The lowest BCUT2D eigenvalue weighted by Gasteiger charge is -2.14. The van der Waals surface area contributed by atoms with Crippen LogP contribution in [0.5, 0.6) is 0 Å². The summed E-state index contributed by atoms with van der Waals surface area (Å²) in [6.07, 6.45) is 0.698. The molecule has 2 aromatic carbocycles. The van der Waals surface area contributed by atoms with E-state index in [0.717, 1.165) is 5.56 Å². The van der Waals surface area contributed by atoms with Gasteiger partial charge in [0, 0.05) is 12.1 Å². The van der Waals surface area contributed by atoms with E-state index in [-0.39, 0.29) is 16.7 Å². The maximum atomic E-state index is 12.2. The summed E-state index contributed by atoms with van der Waals surface area (Å²) < 4.78 is 22.9. The number of amides is 1. The van der Waals surface area contributed by atoms with Crippen LogP contribution in [0, 0.1) is 0 Å². The minimum absolute atomic E-state index is 0.0975. The smallest absolute Gasteiger partial charge is 0.251 e. The maximum Gasteiger partial charge on any atom is 0.251 e. The molecule has 0 spiro atoms. The molecule has 3 N–H and O–H groups in total. The highest BCUT2D eigenvalue weighted by atomic mass is 32.2. The molecule has 0 aromatic heterocycles. The average molecular weight is 375 g/mol.